The Bertz CT molecular complexity index is 1670. The first-order chi connectivity index (χ1) is 22.1. The number of thioether (sulfide) groups is 2. The minimum atomic E-state index is -1.87. The SMILES string of the molecule is CC[C@H](c1ccc2c(c1)OCO2)N1C(=O)[C@](C)(SC(=O)Cc2ccccc2)N(C)C(=O)[C@]1(CCC#N)SC(=O)Oc1ccccc1. The van der Waals surface area contributed by atoms with Crippen LogP contribution in [0.1, 0.15) is 50.3 Å². The fourth-order valence-electron chi connectivity index (χ4n) is 5.64. The molecule has 46 heavy (non-hydrogen) atoms. The Labute approximate surface area is 276 Å². The van der Waals surface area contributed by atoms with Crippen molar-refractivity contribution in [2.75, 3.05) is 13.8 Å². The number of nitrogens with zero attached hydrogens (tertiary/aromatic N) is 3. The monoisotopic (exact) mass is 659 g/mol. The molecule has 2 aliphatic rings. The van der Waals surface area contributed by atoms with Crippen molar-refractivity contribution in [2.45, 2.75) is 55.3 Å². The third-order valence-corrected chi connectivity index (χ3v) is 10.4. The summed E-state index contributed by atoms with van der Waals surface area (Å²) in [6.07, 6.45) is 0.0905. The molecule has 3 atom stereocenters. The largest absolute Gasteiger partial charge is 0.454 e. The Hall–Kier alpha value is -4.47. The van der Waals surface area contributed by atoms with E-state index in [9.17, 15) is 24.4 Å². The van der Waals surface area contributed by atoms with E-state index in [4.69, 9.17) is 14.2 Å². The highest BCUT2D eigenvalue weighted by molar-refractivity contribution is 8.15. The Balaban J connectivity index is 1.60. The van der Waals surface area contributed by atoms with Crippen LogP contribution in [-0.4, -0.2) is 55.6 Å². The van der Waals surface area contributed by atoms with Crippen molar-refractivity contribution in [2.24, 2.45) is 0 Å². The lowest BCUT2D eigenvalue weighted by molar-refractivity contribution is -0.167. The molecule has 0 radical (unpaired) electrons. The molecule has 1 saturated heterocycles. The quantitative estimate of drug-likeness (QED) is 0.228. The van der Waals surface area contributed by atoms with Gasteiger partial charge in [-0.2, -0.15) is 5.26 Å². The predicted octanol–water partition coefficient (Wildman–Crippen LogP) is 6.32. The topological polar surface area (TPSA) is 126 Å². The van der Waals surface area contributed by atoms with Gasteiger partial charge in [0.05, 0.1) is 12.1 Å². The molecule has 2 aliphatic heterocycles. The second-order valence-corrected chi connectivity index (χ2v) is 13.6. The summed E-state index contributed by atoms with van der Waals surface area (Å²) in [4.78, 5) is 55.8. The maximum absolute atomic E-state index is 15.0. The molecule has 2 heterocycles. The average molecular weight is 660 g/mol. The third-order valence-electron chi connectivity index (χ3n) is 8.04. The van der Waals surface area contributed by atoms with Gasteiger partial charge in [0.25, 0.3) is 11.8 Å². The molecule has 0 spiro atoms. The first kappa shape index (κ1) is 32.9. The number of rotatable bonds is 10. The van der Waals surface area contributed by atoms with Crippen LogP contribution in [0.3, 0.4) is 0 Å². The number of para-hydroxylation sites is 1. The van der Waals surface area contributed by atoms with Gasteiger partial charge in [0, 0.05) is 26.3 Å². The molecule has 2 amide bonds. The van der Waals surface area contributed by atoms with E-state index in [1.165, 1.54) is 16.8 Å². The fraction of sp³-hybridized carbons (Fsp3) is 0.324. The number of ether oxygens (including phenoxy) is 3. The number of fused-ring (bicyclic) bond motifs is 1. The summed E-state index contributed by atoms with van der Waals surface area (Å²) in [5, 5.41) is 8.56. The molecule has 3 aromatic rings. The summed E-state index contributed by atoms with van der Waals surface area (Å²) in [7, 11) is 1.45. The van der Waals surface area contributed by atoms with Crippen LogP contribution in [-0.2, 0) is 20.8 Å². The normalized spacial score (nSPS) is 21.1. The van der Waals surface area contributed by atoms with Crippen LogP contribution < -0.4 is 14.2 Å². The maximum atomic E-state index is 15.0. The second kappa shape index (κ2) is 13.9. The van der Waals surface area contributed by atoms with Crippen LogP contribution in [0.25, 0.3) is 0 Å². The first-order valence-electron chi connectivity index (χ1n) is 14.7. The Kier molecular flexibility index (Phi) is 9.94. The highest BCUT2D eigenvalue weighted by Gasteiger charge is 2.64. The number of piperazine rings is 1. The van der Waals surface area contributed by atoms with E-state index in [0.29, 0.717) is 35.2 Å². The zero-order valence-electron chi connectivity index (χ0n) is 25.6. The van der Waals surface area contributed by atoms with Gasteiger partial charge in [0.2, 0.25) is 6.79 Å². The van der Waals surface area contributed by atoms with E-state index >= 15 is 0 Å². The molecule has 0 saturated carbocycles. The van der Waals surface area contributed by atoms with Crippen molar-refractivity contribution in [3.8, 4) is 23.3 Å². The van der Waals surface area contributed by atoms with Crippen molar-refractivity contribution in [3.05, 3.63) is 90.0 Å². The lowest BCUT2D eigenvalue weighted by Gasteiger charge is -2.56. The summed E-state index contributed by atoms with van der Waals surface area (Å²) in [5.74, 6) is 0.142. The number of benzene rings is 3. The van der Waals surface area contributed by atoms with Crippen molar-refractivity contribution in [1.29, 1.82) is 5.26 Å². The zero-order chi connectivity index (χ0) is 32.9. The van der Waals surface area contributed by atoms with E-state index in [1.807, 2.05) is 37.3 Å². The molecule has 238 valence electrons. The minimum Gasteiger partial charge on any atom is -0.454 e. The molecule has 3 aromatic carbocycles. The second-order valence-electron chi connectivity index (χ2n) is 10.9. The fourth-order valence-corrected chi connectivity index (χ4v) is 7.88. The van der Waals surface area contributed by atoms with Gasteiger partial charge in [-0.05, 0) is 72.3 Å². The van der Waals surface area contributed by atoms with Gasteiger partial charge in [-0.3, -0.25) is 14.4 Å². The molecular formula is C34H33N3O7S2. The summed E-state index contributed by atoms with van der Waals surface area (Å²) in [6.45, 7) is 3.45. The number of hydrogen-bond acceptors (Lipinski definition) is 10. The highest BCUT2D eigenvalue weighted by atomic mass is 32.2. The molecule has 10 nitrogen and oxygen atoms in total. The molecule has 12 heteroatoms. The molecule has 0 bridgehead atoms. The number of carbonyl (C=O) groups excluding carboxylic acids is 4. The number of likely N-dealkylation sites (N-methyl/N-ethyl adjacent to an activating group) is 1. The number of amides is 2. The van der Waals surface area contributed by atoms with Gasteiger partial charge < -0.3 is 24.0 Å². The molecular weight excluding hydrogens is 627 g/mol. The standard InChI is InChI=1S/C34H33N3O7S2/c1-4-26(24-16-17-27-28(21-24)43-22-42-27)37-30(39)33(2,45-29(38)20-23-12-7-5-8-13-23)36(3)31(40)34(37,18-11-19-35)46-32(41)44-25-14-9-6-10-15-25/h5-10,12-17,21,26H,4,11,18,20,22H2,1-3H3/t26-,33+,34+/m1/s1. The van der Waals surface area contributed by atoms with Crippen molar-refractivity contribution < 1.29 is 33.4 Å². The smallest absolute Gasteiger partial charge is 0.375 e. The Morgan fingerprint density at radius 2 is 1.65 bits per heavy atom. The maximum Gasteiger partial charge on any atom is 0.375 e. The van der Waals surface area contributed by atoms with Crippen LogP contribution >= 0.6 is 23.5 Å². The average Bonchev–Trinajstić information content (AvgIpc) is 3.53. The summed E-state index contributed by atoms with van der Waals surface area (Å²) >= 11 is 1.33. The lowest BCUT2D eigenvalue weighted by Crippen LogP contribution is -2.73. The van der Waals surface area contributed by atoms with E-state index in [2.05, 4.69) is 6.07 Å². The minimum absolute atomic E-state index is 0.0486. The van der Waals surface area contributed by atoms with Crippen LogP contribution in [0, 0.1) is 11.3 Å². The van der Waals surface area contributed by atoms with Crippen LogP contribution in [0.15, 0.2) is 78.9 Å². The van der Waals surface area contributed by atoms with Gasteiger partial charge in [-0.1, -0.05) is 61.5 Å². The molecule has 0 aromatic heterocycles. The zero-order valence-corrected chi connectivity index (χ0v) is 27.3. The van der Waals surface area contributed by atoms with Gasteiger partial charge in [0.1, 0.15) is 5.75 Å². The van der Waals surface area contributed by atoms with E-state index in [-0.39, 0.29) is 36.9 Å². The molecule has 1 fully saturated rings. The highest BCUT2D eigenvalue weighted by Crippen LogP contribution is 2.51. The van der Waals surface area contributed by atoms with E-state index < -0.39 is 32.9 Å². The van der Waals surface area contributed by atoms with Crippen molar-refractivity contribution in [3.63, 3.8) is 0 Å². The van der Waals surface area contributed by atoms with Gasteiger partial charge in [-0.15, -0.1) is 0 Å². The molecule has 0 N–H and O–H groups in total. The van der Waals surface area contributed by atoms with Crippen LogP contribution in [0.2, 0.25) is 0 Å². The van der Waals surface area contributed by atoms with E-state index in [0.717, 1.165) is 17.3 Å². The summed E-state index contributed by atoms with van der Waals surface area (Å²) < 4.78 is 16.7. The summed E-state index contributed by atoms with van der Waals surface area (Å²) in [5.41, 5.74) is 1.41. The van der Waals surface area contributed by atoms with Gasteiger partial charge in [-0.25, -0.2) is 4.79 Å². The van der Waals surface area contributed by atoms with Crippen molar-refractivity contribution >= 4 is 45.8 Å². The number of nitriles is 1. The Morgan fingerprint density at radius 3 is 2.33 bits per heavy atom. The summed E-state index contributed by atoms with van der Waals surface area (Å²) in [6, 6.07) is 24.1. The number of carbonyl (C=O) groups is 4. The third kappa shape index (κ3) is 6.43. The molecule has 5 rings (SSSR count). The van der Waals surface area contributed by atoms with Crippen LogP contribution in [0.4, 0.5) is 4.79 Å². The van der Waals surface area contributed by atoms with Crippen molar-refractivity contribution in [1.82, 2.24) is 9.80 Å². The molecule has 0 aliphatic carbocycles. The van der Waals surface area contributed by atoms with E-state index in [1.54, 1.807) is 55.5 Å². The molecule has 0 unspecified atom stereocenters. The first-order valence-corrected chi connectivity index (χ1v) is 16.4. The number of hydrogen-bond donors (Lipinski definition) is 0. The van der Waals surface area contributed by atoms with Gasteiger partial charge in [0.15, 0.2) is 26.4 Å². The van der Waals surface area contributed by atoms with Gasteiger partial charge >= 0.3 is 5.30 Å². The Morgan fingerprint density at radius 1 is 0.978 bits per heavy atom. The predicted molar refractivity (Wildman–Crippen MR) is 174 cm³/mol. The van der Waals surface area contributed by atoms with Crippen LogP contribution in [0.5, 0.6) is 17.2 Å². The lowest BCUT2D eigenvalue weighted by atomic mass is 9.93.